The Morgan fingerprint density at radius 1 is 0.947 bits per heavy atom. The molecule has 2 heteroatoms. The first-order chi connectivity index (χ1) is 9.34. The molecule has 1 fully saturated rings. The molecule has 1 nitrogen and oxygen atoms in total. The standard InChI is InChI=1S/C17H32OS/c1-2-3-4-5-6-7-8-9-10-13-16(18)17-14-11-12-15-19-17/h17H,2-15H2,1H3. The van der Waals surface area contributed by atoms with Crippen LogP contribution in [0.5, 0.6) is 0 Å². The smallest absolute Gasteiger partial charge is 0.145 e. The number of thioether (sulfide) groups is 1. The summed E-state index contributed by atoms with van der Waals surface area (Å²) in [6.45, 7) is 2.27. The van der Waals surface area contributed by atoms with E-state index in [0.717, 1.165) is 19.3 Å². The van der Waals surface area contributed by atoms with Crippen LogP contribution in [0.4, 0.5) is 0 Å². The van der Waals surface area contributed by atoms with Crippen molar-refractivity contribution in [3.63, 3.8) is 0 Å². The van der Waals surface area contributed by atoms with Gasteiger partial charge >= 0.3 is 0 Å². The molecular formula is C17H32OS. The van der Waals surface area contributed by atoms with Crippen LogP contribution in [0.15, 0.2) is 0 Å². The van der Waals surface area contributed by atoms with Gasteiger partial charge in [-0.1, -0.05) is 64.7 Å². The molecule has 0 bridgehead atoms. The minimum absolute atomic E-state index is 0.350. The van der Waals surface area contributed by atoms with Crippen molar-refractivity contribution in [2.75, 3.05) is 5.75 Å². The van der Waals surface area contributed by atoms with E-state index < -0.39 is 0 Å². The highest BCUT2D eigenvalue weighted by atomic mass is 32.2. The third-order valence-corrected chi connectivity index (χ3v) is 5.49. The number of hydrogen-bond donors (Lipinski definition) is 0. The maximum Gasteiger partial charge on any atom is 0.145 e. The summed E-state index contributed by atoms with van der Waals surface area (Å²) in [6, 6.07) is 0. The van der Waals surface area contributed by atoms with Crippen molar-refractivity contribution in [2.45, 2.75) is 95.6 Å². The predicted octanol–water partition coefficient (Wildman–Crippen LogP) is 5.76. The SMILES string of the molecule is CCCCCCCCCCCC(=O)C1CCCCS1. The summed E-state index contributed by atoms with van der Waals surface area (Å²) >= 11 is 1.90. The molecule has 0 amide bonds. The van der Waals surface area contributed by atoms with Crippen molar-refractivity contribution < 1.29 is 4.79 Å². The topological polar surface area (TPSA) is 17.1 Å². The summed E-state index contributed by atoms with van der Waals surface area (Å²) < 4.78 is 0. The van der Waals surface area contributed by atoms with E-state index in [-0.39, 0.29) is 0 Å². The second-order valence-corrected chi connectivity index (χ2v) is 7.21. The number of ketones is 1. The van der Waals surface area contributed by atoms with Crippen molar-refractivity contribution in [3.8, 4) is 0 Å². The van der Waals surface area contributed by atoms with Gasteiger partial charge in [-0.15, -0.1) is 0 Å². The van der Waals surface area contributed by atoms with Gasteiger partial charge in [-0.2, -0.15) is 11.8 Å². The Labute approximate surface area is 124 Å². The summed E-state index contributed by atoms with van der Waals surface area (Å²) in [5, 5.41) is 0.350. The van der Waals surface area contributed by atoms with Crippen LogP contribution in [0, 0.1) is 0 Å². The summed E-state index contributed by atoms with van der Waals surface area (Å²) in [7, 11) is 0. The lowest BCUT2D eigenvalue weighted by Gasteiger charge is -2.19. The third-order valence-electron chi connectivity index (χ3n) is 4.07. The highest BCUT2D eigenvalue weighted by Gasteiger charge is 2.20. The summed E-state index contributed by atoms with van der Waals surface area (Å²) in [5.74, 6) is 1.74. The van der Waals surface area contributed by atoms with Gasteiger partial charge in [0.25, 0.3) is 0 Å². The largest absolute Gasteiger partial charge is 0.298 e. The van der Waals surface area contributed by atoms with Crippen molar-refractivity contribution in [2.24, 2.45) is 0 Å². The molecule has 1 saturated heterocycles. The van der Waals surface area contributed by atoms with E-state index >= 15 is 0 Å². The Bertz CT molecular complexity index is 221. The van der Waals surface area contributed by atoms with Crippen LogP contribution in [-0.2, 0) is 4.79 Å². The summed E-state index contributed by atoms with van der Waals surface area (Å²) in [5.41, 5.74) is 0. The zero-order valence-electron chi connectivity index (χ0n) is 12.8. The Hall–Kier alpha value is 0.0200. The van der Waals surface area contributed by atoms with Crippen LogP contribution in [0.2, 0.25) is 0 Å². The first kappa shape index (κ1) is 17.1. The number of hydrogen-bond acceptors (Lipinski definition) is 2. The molecule has 0 aromatic rings. The third kappa shape index (κ3) is 8.73. The van der Waals surface area contributed by atoms with Crippen molar-refractivity contribution in [1.29, 1.82) is 0 Å². The van der Waals surface area contributed by atoms with Gasteiger partial charge in [0.2, 0.25) is 0 Å². The molecule has 112 valence electrons. The molecule has 0 N–H and O–H groups in total. The monoisotopic (exact) mass is 284 g/mol. The van der Waals surface area contributed by atoms with E-state index in [1.807, 2.05) is 11.8 Å². The molecule has 0 aromatic carbocycles. The van der Waals surface area contributed by atoms with Crippen molar-refractivity contribution in [3.05, 3.63) is 0 Å². The number of unbranched alkanes of at least 4 members (excludes halogenated alkanes) is 8. The Morgan fingerprint density at radius 2 is 1.58 bits per heavy atom. The van der Waals surface area contributed by atoms with E-state index in [1.165, 1.54) is 70.0 Å². The second kappa shape index (κ2) is 11.8. The first-order valence-corrected chi connectivity index (χ1v) is 9.53. The maximum absolute atomic E-state index is 12.0. The van der Waals surface area contributed by atoms with Gasteiger partial charge in [-0.25, -0.2) is 0 Å². The molecule has 0 radical (unpaired) electrons. The molecular weight excluding hydrogens is 252 g/mol. The minimum atomic E-state index is 0.350. The zero-order chi connectivity index (χ0) is 13.8. The predicted molar refractivity (Wildman–Crippen MR) is 86.9 cm³/mol. The molecule has 1 heterocycles. The van der Waals surface area contributed by atoms with E-state index in [2.05, 4.69) is 6.92 Å². The number of Topliss-reactive ketones (excluding diaryl/α,β-unsaturated/α-hetero) is 1. The fourth-order valence-electron chi connectivity index (χ4n) is 2.77. The lowest BCUT2D eigenvalue weighted by atomic mass is 10.0. The second-order valence-electron chi connectivity index (χ2n) is 5.90. The fourth-order valence-corrected chi connectivity index (χ4v) is 4.06. The van der Waals surface area contributed by atoms with Crippen LogP contribution < -0.4 is 0 Å². The highest BCUT2D eigenvalue weighted by Crippen LogP contribution is 2.27. The van der Waals surface area contributed by atoms with Gasteiger partial charge < -0.3 is 0 Å². The van der Waals surface area contributed by atoms with E-state index in [4.69, 9.17) is 0 Å². The van der Waals surface area contributed by atoms with Crippen LogP contribution in [-0.4, -0.2) is 16.8 Å². The van der Waals surface area contributed by atoms with Crippen LogP contribution in [0.3, 0.4) is 0 Å². The average Bonchev–Trinajstić information content (AvgIpc) is 2.46. The van der Waals surface area contributed by atoms with Gasteiger partial charge in [0.1, 0.15) is 5.78 Å². The van der Waals surface area contributed by atoms with Gasteiger partial charge in [0, 0.05) is 6.42 Å². The highest BCUT2D eigenvalue weighted by molar-refractivity contribution is 8.00. The molecule has 1 unspecified atom stereocenters. The van der Waals surface area contributed by atoms with Crippen molar-refractivity contribution in [1.82, 2.24) is 0 Å². The average molecular weight is 285 g/mol. The molecule has 0 saturated carbocycles. The van der Waals surface area contributed by atoms with Crippen molar-refractivity contribution >= 4 is 17.5 Å². The number of carbonyl (C=O) groups is 1. The van der Waals surface area contributed by atoms with E-state index in [1.54, 1.807) is 0 Å². The van der Waals surface area contributed by atoms with Gasteiger partial charge in [-0.3, -0.25) is 4.79 Å². The minimum Gasteiger partial charge on any atom is -0.298 e. The summed E-state index contributed by atoms with van der Waals surface area (Å²) in [6.07, 6.45) is 16.6. The van der Waals surface area contributed by atoms with E-state index in [0.29, 0.717) is 11.0 Å². The molecule has 1 atom stereocenters. The number of rotatable bonds is 11. The molecule has 0 aromatic heterocycles. The van der Waals surface area contributed by atoms with Crippen LogP contribution in [0.25, 0.3) is 0 Å². The Balaban J connectivity index is 1.86. The quantitative estimate of drug-likeness (QED) is 0.448. The number of carbonyl (C=O) groups excluding carboxylic acids is 1. The van der Waals surface area contributed by atoms with Gasteiger partial charge in [-0.05, 0) is 25.0 Å². The molecule has 1 aliphatic rings. The normalized spacial score (nSPS) is 19.5. The zero-order valence-corrected chi connectivity index (χ0v) is 13.6. The van der Waals surface area contributed by atoms with Gasteiger partial charge in [0.15, 0.2) is 0 Å². The molecule has 0 aliphatic carbocycles. The lowest BCUT2D eigenvalue weighted by molar-refractivity contribution is -0.118. The van der Waals surface area contributed by atoms with Crippen LogP contribution >= 0.6 is 11.8 Å². The summed E-state index contributed by atoms with van der Waals surface area (Å²) in [4.78, 5) is 12.0. The maximum atomic E-state index is 12.0. The fraction of sp³-hybridized carbons (Fsp3) is 0.941. The molecule has 19 heavy (non-hydrogen) atoms. The van der Waals surface area contributed by atoms with Gasteiger partial charge in [0.05, 0.1) is 5.25 Å². The Morgan fingerprint density at radius 3 is 2.16 bits per heavy atom. The first-order valence-electron chi connectivity index (χ1n) is 8.49. The molecule has 1 aliphatic heterocycles. The molecule has 1 rings (SSSR count). The van der Waals surface area contributed by atoms with E-state index in [9.17, 15) is 4.79 Å². The Kier molecular flexibility index (Phi) is 10.6. The molecule has 0 spiro atoms. The van der Waals surface area contributed by atoms with Crippen LogP contribution in [0.1, 0.15) is 90.4 Å². The lowest BCUT2D eigenvalue weighted by Crippen LogP contribution is -2.20.